The van der Waals surface area contributed by atoms with E-state index < -0.39 is 11.9 Å². The van der Waals surface area contributed by atoms with Crippen LogP contribution < -0.4 is 5.32 Å². The predicted molar refractivity (Wildman–Crippen MR) is 101 cm³/mol. The Balaban J connectivity index is 1.81. The van der Waals surface area contributed by atoms with Crippen LogP contribution in [0.15, 0.2) is 90.6 Å². The Morgan fingerprint density at radius 3 is 1.85 bits per heavy atom. The molecule has 3 aromatic carbocycles. The molecule has 0 spiro atoms. The highest BCUT2D eigenvalue weighted by Gasteiger charge is 2.13. The third kappa shape index (κ3) is 4.24. The number of benzene rings is 3. The maximum Gasteiger partial charge on any atom is 0.352 e. The maximum atomic E-state index is 12.2. The van der Waals surface area contributed by atoms with Gasteiger partial charge in [0.2, 0.25) is 0 Å². The van der Waals surface area contributed by atoms with E-state index in [0.29, 0.717) is 11.1 Å². The molecule has 0 atom stereocenters. The molecule has 0 fully saturated rings. The first kappa shape index (κ1) is 17.2. The highest BCUT2D eigenvalue weighted by Crippen LogP contribution is 2.20. The van der Waals surface area contributed by atoms with E-state index in [2.05, 4.69) is 5.32 Å². The molecule has 0 unspecified atom stereocenters. The summed E-state index contributed by atoms with van der Waals surface area (Å²) in [4.78, 5) is 23.6. The number of hydrogen-bond donors (Lipinski definition) is 2. The second kappa shape index (κ2) is 7.94. The van der Waals surface area contributed by atoms with Gasteiger partial charge in [-0.2, -0.15) is 0 Å². The van der Waals surface area contributed by atoms with Gasteiger partial charge in [-0.25, -0.2) is 4.79 Å². The standard InChI is InChI=1S/C22H17NO3/c24-21(19-9-5-2-6-10-19)23-20(22(25)26)15-16-11-13-18(14-12-16)17-7-3-1-4-8-17/h1-15H,(H,23,24)(H,25,26)/b20-15-. The van der Waals surface area contributed by atoms with E-state index in [1.807, 2.05) is 54.6 Å². The summed E-state index contributed by atoms with van der Waals surface area (Å²) < 4.78 is 0. The van der Waals surface area contributed by atoms with E-state index in [-0.39, 0.29) is 5.70 Å². The van der Waals surface area contributed by atoms with Crippen molar-refractivity contribution < 1.29 is 14.7 Å². The molecule has 4 nitrogen and oxygen atoms in total. The number of hydrogen-bond acceptors (Lipinski definition) is 2. The Kier molecular flexibility index (Phi) is 5.25. The average Bonchev–Trinajstić information content (AvgIpc) is 2.69. The minimum absolute atomic E-state index is 0.175. The summed E-state index contributed by atoms with van der Waals surface area (Å²) in [6.07, 6.45) is 1.44. The third-order valence-corrected chi connectivity index (χ3v) is 3.84. The van der Waals surface area contributed by atoms with Crippen LogP contribution in [0.3, 0.4) is 0 Å². The smallest absolute Gasteiger partial charge is 0.352 e. The van der Waals surface area contributed by atoms with Crippen molar-refractivity contribution in [3.8, 4) is 11.1 Å². The summed E-state index contributed by atoms with van der Waals surface area (Å²) in [6.45, 7) is 0. The van der Waals surface area contributed by atoms with Gasteiger partial charge in [-0.15, -0.1) is 0 Å². The van der Waals surface area contributed by atoms with Crippen LogP contribution in [-0.2, 0) is 4.79 Å². The Labute approximate surface area is 151 Å². The van der Waals surface area contributed by atoms with Gasteiger partial charge in [-0.3, -0.25) is 4.79 Å². The fourth-order valence-corrected chi connectivity index (χ4v) is 2.50. The highest BCUT2D eigenvalue weighted by atomic mass is 16.4. The predicted octanol–water partition coefficient (Wildman–Crippen LogP) is 4.21. The fourth-order valence-electron chi connectivity index (χ4n) is 2.50. The van der Waals surface area contributed by atoms with Crippen molar-refractivity contribution in [3.05, 3.63) is 102 Å². The molecule has 4 heteroatoms. The minimum atomic E-state index is -1.19. The van der Waals surface area contributed by atoms with Gasteiger partial charge < -0.3 is 10.4 Å². The van der Waals surface area contributed by atoms with Crippen LogP contribution in [-0.4, -0.2) is 17.0 Å². The first-order valence-electron chi connectivity index (χ1n) is 8.10. The molecule has 0 saturated carbocycles. The molecule has 0 heterocycles. The SMILES string of the molecule is O=C(O)/C(=C/c1ccc(-c2ccccc2)cc1)NC(=O)c1ccccc1. The molecule has 26 heavy (non-hydrogen) atoms. The van der Waals surface area contributed by atoms with Crippen molar-refractivity contribution in [1.29, 1.82) is 0 Å². The molecule has 3 rings (SSSR count). The van der Waals surface area contributed by atoms with E-state index in [1.165, 1.54) is 6.08 Å². The highest BCUT2D eigenvalue weighted by molar-refractivity contribution is 6.02. The second-order valence-electron chi connectivity index (χ2n) is 5.67. The number of carboxylic acid groups (broad SMARTS) is 1. The van der Waals surface area contributed by atoms with Crippen LogP contribution in [0.5, 0.6) is 0 Å². The van der Waals surface area contributed by atoms with Gasteiger partial charge in [0.1, 0.15) is 5.70 Å². The molecule has 0 bridgehead atoms. The van der Waals surface area contributed by atoms with Gasteiger partial charge in [-0.05, 0) is 34.9 Å². The van der Waals surface area contributed by atoms with Crippen LogP contribution >= 0.6 is 0 Å². The van der Waals surface area contributed by atoms with Gasteiger partial charge in [0.25, 0.3) is 5.91 Å². The molecule has 0 aromatic heterocycles. The lowest BCUT2D eigenvalue weighted by Gasteiger charge is -2.07. The number of aliphatic carboxylic acids is 1. The topological polar surface area (TPSA) is 66.4 Å². The molecule has 128 valence electrons. The van der Waals surface area contributed by atoms with Crippen LogP contribution in [0.4, 0.5) is 0 Å². The van der Waals surface area contributed by atoms with Gasteiger partial charge in [-0.1, -0.05) is 72.8 Å². The molecule has 1 amide bonds. The maximum absolute atomic E-state index is 12.2. The van der Waals surface area contributed by atoms with Crippen LogP contribution in [0.25, 0.3) is 17.2 Å². The first-order valence-corrected chi connectivity index (χ1v) is 8.10. The molecule has 0 aliphatic carbocycles. The molecule has 0 aliphatic heterocycles. The summed E-state index contributed by atoms with van der Waals surface area (Å²) in [5.74, 6) is -1.65. The number of nitrogens with one attached hydrogen (secondary N) is 1. The van der Waals surface area contributed by atoms with Gasteiger partial charge in [0.05, 0.1) is 0 Å². The number of carbonyl (C=O) groups is 2. The zero-order valence-electron chi connectivity index (χ0n) is 13.9. The van der Waals surface area contributed by atoms with Crippen LogP contribution in [0.2, 0.25) is 0 Å². The summed E-state index contributed by atoms with van der Waals surface area (Å²) in [5, 5.41) is 11.8. The van der Waals surface area contributed by atoms with E-state index in [4.69, 9.17) is 0 Å². The zero-order chi connectivity index (χ0) is 18.4. The summed E-state index contributed by atoms with van der Waals surface area (Å²) in [6, 6.07) is 25.9. The lowest BCUT2D eigenvalue weighted by molar-refractivity contribution is -0.132. The van der Waals surface area contributed by atoms with E-state index in [1.54, 1.807) is 30.3 Å². The summed E-state index contributed by atoms with van der Waals surface area (Å²) in [5.41, 5.74) is 3.03. The van der Waals surface area contributed by atoms with Crippen molar-refractivity contribution in [2.45, 2.75) is 0 Å². The minimum Gasteiger partial charge on any atom is -0.477 e. The van der Waals surface area contributed by atoms with E-state index in [0.717, 1.165) is 11.1 Å². The van der Waals surface area contributed by atoms with Crippen LogP contribution in [0, 0.1) is 0 Å². The van der Waals surface area contributed by atoms with Gasteiger partial charge >= 0.3 is 5.97 Å². The number of amides is 1. The molecule has 0 saturated heterocycles. The summed E-state index contributed by atoms with van der Waals surface area (Å²) >= 11 is 0. The number of carboxylic acids is 1. The van der Waals surface area contributed by atoms with Crippen molar-refractivity contribution in [3.63, 3.8) is 0 Å². The fraction of sp³-hybridized carbons (Fsp3) is 0. The zero-order valence-corrected chi connectivity index (χ0v) is 13.9. The van der Waals surface area contributed by atoms with E-state index >= 15 is 0 Å². The normalized spacial score (nSPS) is 11.0. The Morgan fingerprint density at radius 2 is 1.27 bits per heavy atom. The molecule has 2 N–H and O–H groups in total. The largest absolute Gasteiger partial charge is 0.477 e. The van der Waals surface area contributed by atoms with Crippen molar-refractivity contribution >= 4 is 18.0 Å². The monoisotopic (exact) mass is 343 g/mol. The number of rotatable bonds is 5. The Bertz CT molecular complexity index is 930. The Morgan fingerprint density at radius 1 is 0.731 bits per heavy atom. The lowest BCUT2D eigenvalue weighted by Crippen LogP contribution is -2.27. The average molecular weight is 343 g/mol. The van der Waals surface area contributed by atoms with Gasteiger partial charge in [0.15, 0.2) is 0 Å². The molecule has 3 aromatic rings. The molecular formula is C22H17NO3. The van der Waals surface area contributed by atoms with Crippen molar-refractivity contribution in [2.75, 3.05) is 0 Å². The molecule has 0 radical (unpaired) electrons. The number of carbonyl (C=O) groups excluding carboxylic acids is 1. The molecule has 0 aliphatic rings. The lowest BCUT2D eigenvalue weighted by atomic mass is 10.0. The molecular weight excluding hydrogens is 326 g/mol. The first-order chi connectivity index (χ1) is 12.6. The van der Waals surface area contributed by atoms with Gasteiger partial charge in [0, 0.05) is 5.56 Å². The third-order valence-electron chi connectivity index (χ3n) is 3.84. The quantitative estimate of drug-likeness (QED) is 0.682. The Hall–Kier alpha value is -3.66. The van der Waals surface area contributed by atoms with Crippen molar-refractivity contribution in [2.24, 2.45) is 0 Å². The van der Waals surface area contributed by atoms with E-state index in [9.17, 15) is 14.7 Å². The second-order valence-corrected chi connectivity index (χ2v) is 5.67. The van der Waals surface area contributed by atoms with Crippen LogP contribution in [0.1, 0.15) is 15.9 Å². The summed E-state index contributed by atoms with van der Waals surface area (Å²) in [7, 11) is 0. The van der Waals surface area contributed by atoms with Crippen molar-refractivity contribution in [1.82, 2.24) is 5.32 Å².